The summed E-state index contributed by atoms with van der Waals surface area (Å²) in [6.07, 6.45) is 0.657. The number of hydrogen-bond acceptors (Lipinski definition) is 5. The minimum atomic E-state index is -0.382. The van der Waals surface area contributed by atoms with Crippen LogP contribution < -0.4 is 16.0 Å². The van der Waals surface area contributed by atoms with Gasteiger partial charge in [-0.25, -0.2) is 9.37 Å². The van der Waals surface area contributed by atoms with Gasteiger partial charge in [-0.2, -0.15) is 0 Å². The number of aryl methyl sites for hydroxylation is 2. The number of aromatic nitrogens is 1. The highest BCUT2D eigenvalue weighted by molar-refractivity contribution is 7.11. The second kappa shape index (κ2) is 6.30. The van der Waals surface area contributed by atoms with Crippen LogP contribution in [0.15, 0.2) is 18.2 Å². The summed E-state index contributed by atoms with van der Waals surface area (Å²) in [4.78, 5) is 5.70. The van der Waals surface area contributed by atoms with Crippen LogP contribution in [0.4, 0.5) is 4.39 Å². The quantitative estimate of drug-likeness (QED) is 0.657. The van der Waals surface area contributed by atoms with Gasteiger partial charge in [0.05, 0.1) is 23.9 Å². The van der Waals surface area contributed by atoms with E-state index in [4.69, 9.17) is 10.6 Å². The highest BCUT2D eigenvalue weighted by Gasteiger charge is 2.16. The molecule has 0 aliphatic heterocycles. The highest BCUT2D eigenvalue weighted by atomic mass is 32.1. The lowest BCUT2D eigenvalue weighted by Gasteiger charge is -2.16. The summed E-state index contributed by atoms with van der Waals surface area (Å²) in [5.74, 6) is 5.45. The van der Waals surface area contributed by atoms with Crippen molar-refractivity contribution in [1.82, 2.24) is 10.4 Å². The molecule has 0 spiro atoms. The van der Waals surface area contributed by atoms with Gasteiger partial charge in [-0.1, -0.05) is 6.07 Å². The highest BCUT2D eigenvalue weighted by Crippen LogP contribution is 2.26. The lowest BCUT2D eigenvalue weighted by Crippen LogP contribution is -2.29. The molecule has 0 saturated carbocycles. The molecular weight excluding hydrogens is 277 g/mol. The Morgan fingerprint density at radius 2 is 2.20 bits per heavy atom. The molecule has 0 bridgehead atoms. The van der Waals surface area contributed by atoms with E-state index < -0.39 is 0 Å². The fourth-order valence-corrected chi connectivity index (χ4v) is 2.95. The smallest absolute Gasteiger partial charge is 0.165 e. The number of rotatable bonds is 5. The van der Waals surface area contributed by atoms with E-state index >= 15 is 0 Å². The summed E-state index contributed by atoms with van der Waals surface area (Å²) in [6.45, 7) is 4.03. The number of hydrazine groups is 1. The Morgan fingerprint density at radius 3 is 2.75 bits per heavy atom. The SMILES string of the molecule is COc1cc(C(Cc2nc(C)c(C)s2)NN)ccc1F. The van der Waals surface area contributed by atoms with Crippen molar-refractivity contribution in [1.29, 1.82) is 0 Å². The van der Waals surface area contributed by atoms with Crippen LogP contribution in [-0.4, -0.2) is 12.1 Å². The Morgan fingerprint density at radius 1 is 1.45 bits per heavy atom. The molecule has 1 atom stereocenters. The molecule has 2 rings (SSSR count). The number of hydrogen-bond donors (Lipinski definition) is 2. The van der Waals surface area contributed by atoms with Crippen LogP contribution in [0.1, 0.15) is 27.2 Å². The van der Waals surface area contributed by atoms with Gasteiger partial charge in [0.2, 0.25) is 0 Å². The first-order valence-corrected chi connectivity index (χ1v) is 7.09. The molecule has 1 aromatic carbocycles. The van der Waals surface area contributed by atoms with Crippen LogP contribution in [0.25, 0.3) is 0 Å². The van der Waals surface area contributed by atoms with Crippen LogP contribution in [0.2, 0.25) is 0 Å². The molecule has 0 aliphatic carbocycles. The van der Waals surface area contributed by atoms with Crippen LogP contribution in [0.3, 0.4) is 0 Å². The number of ether oxygens (including phenoxy) is 1. The molecule has 0 aliphatic rings. The fourth-order valence-electron chi connectivity index (χ4n) is 1.97. The molecule has 2 aromatic rings. The van der Waals surface area contributed by atoms with E-state index in [9.17, 15) is 4.39 Å². The van der Waals surface area contributed by atoms with E-state index in [1.807, 2.05) is 13.8 Å². The largest absolute Gasteiger partial charge is 0.494 e. The van der Waals surface area contributed by atoms with Crippen molar-refractivity contribution in [2.75, 3.05) is 7.11 Å². The zero-order chi connectivity index (χ0) is 14.7. The van der Waals surface area contributed by atoms with Crippen LogP contribution in [-0.2, 0) is 6.42 Å². The van der Waals surface area contributed by atoms with E-state index in [-0.39, 0.29) is 17.6 Å². The first-order chi connectivity index (χ1) is 9.55. The van der Waals surface area contributed by atoms with Gasteiger partial charge in [0.15, 0.2) is 11.6 Å². The first kappa shape index (κ1) is 14.9. The number of nitrogens with one attached hydrogen (secondary N) is 1. The summed E-state index contributed by atoms with van der Waals surface area (Å²) in [5.41, 5.74) is 4.67. The predicted molar refractivity (Wildman–Crippen MR) is 78.3 cm³/mol. The normalized spacial score (nSPS) is 12.4. The molecule has 4 nitrogen and oxygen atoms in total. The minimum absolute atomic E-state index is 0.130. The second-order valence-electron chi connectivity index (χ2n) is 4.57. The Kier molecular flexibility index (Phi) is 4.69. The van der Waals surface area contributed by atoms with Gasteiger partial charge >= 0.3 is 0 Å². The van der Waals surface area contributed by atoms with Gasteiger partial charge in [-0.3, -0.25) is 11.3 Å². The van der Waals surface area contributed by atoms with Gasteiger partial charge < -0.3 is 4.74 Å². The molecule has 20 heavy (non-hydrogen) atoms. The lowest BCUT2D eigenvalue weighted by molar-refractivity contribution is 0.384. The second-order valence-corrected chi connectivity index (χ2v) is 5.85. The summed E-state index contributed by atoms with van der Waals surface area (Å²) < 4.78 is 18.4. The van der Waals surface area contributed by atoms with E-state index in [2.05, 4.69) is 10.4 Å². The summed E-state index contributed by atoms with van der Waals surface area (Å²) in [6, 6.07) is 4.62. The standard InChI is InChI=1S/C14H18FN3OS/c1-8-9(2)20-14(17-8)7-12(18-16)10-4-5-11(15)13(6-10)19-3/h4-6,12,18H,7,16H2,1-3H3. The van der Waals surface area contributed by atoms with E-state index in [1.54, 1.807) is 23.5 Å². The maximum atomic E-state index is 13.4. The maximum absolute atomic E-state index is 13.4. The van der Waals surface area contributed by atoms with Crippen LogP contribution in [0, 0.1) is 19.7 Å². The molecule has 108 valence electrons. The Labute approximate surface area is 121 Å². The van der Waals surface area contributed by atoms with Gasteiger partial charge in [0.25, 0.3) is 0 Å². The van der Waals surface area contributed by atoms with Crippen molar-refractivity contribution in [3.8, 4) is 5.75 Å². The molecule has 0 fully saturated rings. The summed E-state index contributed by atoms with van der Waals surface area (Å²) in [5, 5.41) is 1.01. The maximum Gasteiger partial charge on any atom is 0.165 e. The average Bonchev–Trinajstić information content (AvgIpc) is 2.75. The third-order valence-corrected chi connectivity index (χ3v) is 4.33. The van der Waals surface area contributed by atoms with Crippen LogP contribution >= 0.6 is 11.3 Å². The molecule has 1 heterocycles. The Balaban J connectivity index is 2.23. The van der Waals surface area contributed by atoms with Crippen molar-refractivity contribution in [3.05, 3.63) is 45.2 Å². The zero-order valence-corrected chi connectivity index (χ0v) is 12.6. The number of nitrogens with zero attached hydrogens (tertiary/aromatic N) is 1. The Hall–Kier alpha value is -1.50. The topological polar surface area (TPSA) is 60.2 Å². The fraction of sp³-hybridized carbons (Fsp3) is 0.357. The summed E-state index contributed by atoms with van der Waals surface area (Å²) in [7, 11) is 1.45. The number of nitrogens with two attached hydrogens (primary N) is 1. The van der Waals surface area contributed by atoms with Crippen molar-refractivity contribution in [2.24, 2.45) is 5.84 Å². The number of halogens is 1. The van der Waals surface area contributed by atoms with Gasteiger partial charge in [0.1, 0.15) is 0 Å². The molecule has 1 unspecified atom stereocenters. The predicted octanol–water partition coefficient (Wildman–Crippen LogP) is 2.65. The molecule has 0 radical (unpaired) electrons. The van der Waals surface area contributed by atoms with Crippen molar-refractivity contribution < 1.29 is 9.13 Å². The van der Waals surface area contributed by atoms with Gasteiger partial charge in [-0.05, 0) is 31.5 Å². The first-order valence-electron chi connectivity index (χ1n) is 6.27. The number of benzene rings is 1. The van der Waals surface area contributed by atoms with E-state index in [0.717, 1.165) is 16.3 Å². The average molecular weight is 295 g/mol. The van der Waals surface area contributed by atoms with E-state index in [0.29, 0.717) is 6.42 Å². The Bertz CT molecular complexity index is 581. The molecule has 3 N–H and O–H groups in total. The third kappa shape index (κ3) is 3.15. The van der Waals surface area contributed by atoms with Crippen LogP contribution in [0.5, 0.6) is 5.75 Å². The lowest BCUT2D eigenvalue weighted by atomic mass is 10.0. The molecule has 6 heteroatoms. The van der Waals surface area contributed by atoms with E-state index in [1.165, 1.54) is 18.1 Å². The molecule has 1 aromatic heterocycles. The van der Waals surface area contributed by atoms with Gasteiger partial charge in [-0.15, -0.1) is 11.3 Å². The minimum Gasteiger partial charge on any atom is -0.494 e. The summed E-state index contributed by atoms with van der Waals surface area (Å²) >= 11 is 1.65. The monoisotopic (exact) mass is 295 g/mol. The third-order valence-electron chi connectivity index (χ3n) is 3.23. The van der Waals surface area contributed by atoms with Crippen molar-refractivity contribution >= 4 is 11.3 Å². The molecular formula is C14H18FN3OS. The molecule has 0 amide bonds. The van der Waals surface area contributed by atoms with Crippen molar-refractivity contribution in [2.45, 2.75) is 26.3 Å². The number of methoxy groups -OCH3 is 1. The zero-order valence-electron chi connectivity index (χ0n) is 11.7. The van der Waals surface area contributed by atoms with Crippen molar-refractivity contribution in [3.63, 3.8) is 0 Å². The van der Waals surface area contributed by atoms with Gasteiger partial charge in [0, 0.05) is 11.3 Å². The number of thiazole rings is 1. The molecule has 0 saturated heterocycles.